The van der Waals surface area contributed by atoms with E-state index in [9.17, 15) is 9.18 Å². The Hall–Kier alpha value is -0.220. The van der Waals surface area contributed by atoms with Crippen LogP contribution >= 0.6 is 46.4 Å². The highest BCUT2D eigenvalue weighted by Crippen LogP contribution is 2.32. The number of carbonyl (C=O) groups is 1. The first-order chi connectivity index (χ1) is 7.30. The standard InChI is InChI=1S/C9H6Cl4FNO/c10-8(9(11,12)13)15-7(16)5-1-3-6(14)4-2-5/h1-4,8H,(H,15,16)/t8-/m0/s1. The highest BCUT2D eigenvalue weighted by Gasteiger charge is 2.32. The Morgan fingerprint density at radius 2 is 1.75 bits per heavy atom. The number of carbonyl (C=O) groups excluding carboxylic acids is 1. The summed E-state index contributed by atoms with van der Waals surface area (Å²) >= 11 is 22.0. The van der Waals surface area contributed by atoms with Crippen molar-refractivity contribution in [1.82, 2.24) is 5.32 Å². The molecule has 0 radical (unpaired) electrons. The maximum atomic E-state index is 12.6. The van der Waals surface area contributed by atoms with Gasteiger partial charge >= 0.3 is 0 Å². The molecule has 0 aliphatic carbocycles. The van der Waals surface area contributed by atoms with E-state index >= 15 is 0 Å². The Kier molecular flexibility index (Phi) is 4.68. The SMILES string of the molecule is O=C(N[C@H](Cl)C(Cl)(Cl)Cl)c1ccc(F)cc1. The molecule has 1 N–H and O–H groups in total. The summed E-state index contributed by atoms with van der Waals surface area (Å²) in [6.07, 6.45) is 0. The van der Waals surface area contributed by atoms with Gasteiger partial charge < -0.3 is 5.32 Å². The zero-order valence-corrected chi connectivity index (χ0v) is 10.7. The first-order valence-corrected chi connectivity index (χ1v) is 5.65. The number of rotatable bonds is 2. The van der Waals surface area contributed by atoms with E-state index in [4.69, 9.17) is 46.4 Å². The van der Waals surface area contributed by atoms with Gasteiger partial charge in [0.05, 0.1) is 0 Å². The topological polar surface area (TPSA) is 29.1 Å². The van der Waals surface area contributed by atoms with Gasteiger partial charge in [-0.05, 0) is 24.3 Å². The molecule has 0 aliphatic rings. The Labute approximate surface area is 112 Å². The van der Waals surface area contributed by atoms with Crippen LogP contribution in [0.1, 0.15) is 10.4 Å². The van der Waals surface area contributed by atoms with Crippen LogP contribution in [0.2, 0.25) is 0 Å². The third-order valence-corrected chi connectivity index (χ3v) is 3.08. The van der Waals surface area contributed by atoms with Crippen LogP contribution in [-0.4, -0.2) is 15.2 Å². The van der Waals surface area contributed by atoms with Gasteiger partial charge in [0.15, 0.2) is 5.50 Å². The maximum absolute atomic E-state index is 12.6. The van der Waals surface area contributed by atoms with Gasteiger partial charge in [-0.25, -0.2) is 4.39 Å². The first kappa shape index (κ1) is 13.8. The lowest BCUT2D eigenvalue weighted by Crippen LogP contribution is -2.39. The van der Waals surface area contributed by atoms with Gasteiger partial charge in [-0.1, -0.05) is 46.4 Å². The third kappa shape index (κ3) is 3.98. The van der Waals surface area contributed by atoms with E-state index in [-0.39, 0.29) is 5.56 Å². The molecule has 1 atom stereocenters. The normalized spacial score (nSPS) is 13.3. The minimum atomic E-state index is -1.81. The Bertz CT molecular complexity index is 376. The second-order valence-corrected chi connectivity index (χ2v) is 5.69. The highest BCUT2D eigenvalue weighted by molar-refractivity contribution is 6.70. The van der Waals surface area contributed by atoms with E-state index in [1.807, 2.05) is 0 Å². The van der Waals surface area contributed by atoms with Crippen LogP contribution in [0.25, 0.3) is 0 Å². The van der Waals surface area contributed by atoms with Crippen LogP contribution in [0.5, 0.6) is 0 Å². The first-order valence-electron chi connectivity index (χ1n) is 4.08. The summed E-state index contributed by atoms with van der Waals surface area (Å²) in [6, 6.07) is 4.89. The third-order valence-electron chi connectivity index (χ3n) is 1.65. The molecule has 0 spiro atoms. The Morgan fingerprint density at radius 3 is 2.19 bits per heavy atom. The van der Waals surface area contributed by atoms with E-state index in [0.717, 1.165) is 12.1 Å². The molecule has 1 aromatic rings. The van der Waals surface area contributed by atoms with Gasteiger partial charge in [-0.2, -0.15) is 0 Å². The molecule has 2 nitrogen and oxygen atoms in total. The van der Waals surface area contributed by atoms with E-state index in [1.54, 1.807) is 0 Å². The molecule has 16 heavy (non-hydrogen) atoms. The molecule has 0 heterocycles. The van der Waals surface area contributed by atoms with Gasteiger partial charge in [0, 0.05) is 5.56 Å². The van der Waals surface area contributed by atoms with Gasteiger partial charge in [0.1, 0.15) is 5.82 Å². The second-order valence-electron chi connectivity index (χ2n) is 2.88. The van der Waals surface area contributed by atoms with Gasteiger partial charge in [0.2, 0.25) is 3.79 Å². The zero-order chi connectivity index (χ0) is 12.3. The van der Waals surface area contributed by atoms with Crippen molar-refractivity contribution in [3.63, 3.8) is 0 Å². The summed E-state index contributed by atoms with van der Waals surface area (Å²) in [7, 11) is 0. The van der Waals surface area contributed by atoms with Gasteiger partial charge in [0.25, 0.3) is 5.91 Å². The molecule has 0 aromatic heterocycles. The summed E-state index contributed by atoms with van der Waals surface area (Å²) in [5.74, 6) is -0.994. The molecule has 0 unspecified atom stereocenters. The summed E-state index contributed by atoms with van der Waals surface area (Å²) in [6.45, 7) is 0. The lowest BCUT2D eigenvalue weighted by molar-refractivity contribution is 0.0949. The van der Waals surface area contributed by atoms with Crippen LogP contribution in [-0.2, 0) is 0 Å². The number of hydrogen-bond donors (Lipinski definition) is 1. The summed E-state index contributed by atoms with van der Waals surface area (Å²) < 4.78 is 10.8. The maximum Gasteiger partial charge on any atom is 0.252 e. The molecular formula is C9H6Cl4FNO. The van der Waals surface area contributed by atoms with Crippen LogP contribution in [0.3, 0.4) is 0 Å². The predicted octanol–water partition coefficient (Wildman–Crippen LogP) is 3.49. The molecule has 1 rings (SSSR count). The lowest BCUT2D eigenvalue weighted by atomic mass is 10.2. The van der Waals surface area contributed by atoms with Crippen molar-refractivity contribution >= 4 is 52.3 Å². The van der Waals surface area contributed by atoms with Gasteiger partial charge in [-0.3, -0.25) is 4.79 Å². The zero-order valence-electron chi connectivity index (χ0n) is 7.68. The van der Waals surface area contributed by atoms with Crippen molar-refractivity contribution in [2.24, 2.45) is 0 Å². The smallest absolute Gasteiger partial charge is 0.252 e. The molecule has 0 saturated heterocycles. The van der Waals surface area contributed by atoms with Crippen LogP contribution in [0.4, 0.5) is 4.39 Å². The van der Waals surface area contributed by atoms with Crippen molar-refractivity contribution < 1.29 is 9.18 Å². The fourth-order valence-corrected chi connectivity index (χ4v) is 1.14. The Morgan fingerprint density at radius 1 is 1.25 bits per heavy atom. The molecule has 1 amide bonds. The quantitative estimate of drug-likeness (QED) is 0.658. The van der Waals surface area contributed by atoms with Crippen molar-refractivity contribution in [3.8, 4) is 0 Å². The summed E-state index contributed by atoms with van der Waals surface area (Å²) in [5, 5.41) is 2.26. The average molecular weight is 305 g/mol. The van der Waals surface area contributed by atoms with E-state index in [1.165, 1.54) is 12.1 Å². The van der Waals surface area contributed by atoms with Gasteiger partial charge in [-0.15, -0.1) is 0 Å². The number of halogens is 5. The fourth-order valence-electron chi connectivity index (χ4n) is 0.882. The Balaban J connectivity index is 2.70. The fraction of sp³-hybridized carbons (Fsp3) is 0.222. The highest BCUT2D eigenvalue weighted by atomic mass is 35.6. The van der Waals surface area contributed by atoms with E-state index in [2.05, 4.69) is 5.32 Å². The monoisotopic (exact) mass is 303 g/mol. The van der Waals surface area contributed by atoms with Crippen molar-refractivity contribution in [1.29, 1.82) is 0 Å². The van der Waals surface area contributed by atoms with Crippen molar-refractivity contribution in [3.05, 3.63) is 35.6 Å². The second kappa shape index (κ2) is 5.41. The molecule has 0 saturated carbocycles. The molecule has 0 bridgehead atoms. The minimum Gasteiger partial charge on any atom is -0.332 e. The molecule has 0 aliphatic heterocycles. The molecular weight excluding hydrogens is 299 g/mol. The summed E-state index contributed by atoms with van der Waals surface area (Å²) in [5.41, 5.74) is -0.948. The number of benzene rings is 1. The average Bonchev–Trinajstić information content (AvgIpc) is 2.17. The van der Waals surface area contributed by atoms with Crippen molar-refractivity contribution in [2.75, 3.05) is 0 Å². The van der Waals surface area contributed by atoms with Crippen LogP contribution < -0.4 is 5.32 Å². The number of nitrogens with one attached hydrogen (secondary N) is 1. The van der Waals surface area contributed by atoms with E-state index in [0.29, 0.717) is 0 Å². The summed E-state index contributed by atoms with van der Waals surface area (Å²) in [4.78, 5) is 11.5. The van der Waals surface area contributed by atoms with Crippen LogP contribution in [0, 0.1) is 5.82 Å². The molecule has 0 fully saturated rings. The molecule has 88 valence electrons. The lowest BCUT2D eigenvalue weighted by Gasteiger charge is -2.19. The predicted molar refractivity (Wildman–Crippen MR) is 63.8 cm³/mol. The van der Waals surface area contributed by atoms with Crippen LogP contribution in [0.15, 0.2) is 24.3 Å². The number of amides is 1. The molecule has 1 aromatic carbocycles. The molecule has 7 heteroatoms. The number of hydrogen-bond acceptors (Lipinski definition) is 1. The van der Waals surface area contributed by atoms with Crippen molar-refractivity contribution in [2.45, 2.75) is 9.29 Å². The minimum absolute atomic E-state index is 0.223. The number of alkyl halides is 4. The largest absolute Gasteiger partial charge is 0.332 e. The van der Waals surface area contributed by atoms with E-state index < -0.39 is 21.0 Å².